The second-order valence-electron chi connectivity index (χ2n) is 14.5. The number of hydrogen-bond acceptors (Lipinski definition) is 3. The molecule has 2 unspecified atom stereocenters. The van der Waals surface area contributed by atoms with Gasteiger partial charge >= 0.3 is 0 Å². The molecule has 0 amide bonds. The molecule has 3 heteroatoms. The molecule has 0 saturated heterocycles. The van der Waals surface area contributed by atoms with Crippen LogP contribution in [0.15, 0.2) is 235 Å². The van der Waals surface area contributed by atoms with Gasteiger partial charge in [0.25, 0.3) is 0 Å². The fourth-order valence-corrected chi connectivity index (χ4v) is 9.49. The Bertz CT molecular complexity index is 2670. The summed E-state index contributed by atoms with van der Waals surface area (Å²) in [5.74, 6) is 0.438. The van der Waals surface area contributed by atoms with E-state index in [4.69, 9.17) is 0 Å². The van der Waals surface area contributed by atoms with Crippen molar-refractivity contribution >= 4 is 45.9 Å². The van der Waals surface area contributed by atoms with E-state index in [0.717, 1.165) is 34.1 Å². The lowest BCUT2D eigenvalue weighted by Gasteiger charge is -2.27. The lowest BCUT2D eigenvalue weighted by molar-refractivity contribution is 0.881. The SMILES string of the molecule is C1=CC2Sc3cc(N(c4ccc(-c5ccccc5)cc4)c4ccc(-c5ccc(N(c6ccccc6)c6ccc(-c7ccccc7)cc6)cc5)cc4)ccc3C2C=C1. The minimum Gasteiger partial charge on any atom is -0.311 e. The number of benzene rings is 8. The number of para-hydroxylation sites is 1. The smallest absolute Gasteiger partial charge is 0.0472 e. The first-order valence-electron chi connectivity index (χ1n) is 19.6. The van der Waals surface area contributed by atoms with Crippen LogP contribution < -0.4 is 9.80 Å². The minimum absolute atomic E-state index is 0.438. The molecule has 2 nitrogen and oxygen atoms in total. The predicted molar refractivity (Wildman–Crippen MR) is 243 cm³/mol. The van der Waals surface area contributed by atoms with Gasteiger partial charge in [-0.25, -0.2) is 0 Å². The molecule has 8 aromatic carbocycles. The summed E-state index contributed by atoms with van der Waals surface area (Å²) >= 11 is 1.97. The number of thioether (sulfide) groups is 1. The van der Waals surface area contributed by atoms with Gasteiger partial charge in [-0.15, -0.1) is 11.8 Å². The highest BCUT2D eigenvalue weighted by Gasteiger charge is 2.31. The van der Waals surface area contributed by atoms with Crippen molar-refractivity contribution in [1.29, 1.82) is 0 Å². The standard InChI is InChI=1S/C54H40N2S/c1-4-12-39(13-5-1)41-20-28-46(29-21-41)55(45-16-8-3-9-17-45)47-30-24-43(25-31-47)44-26-34-49(35-27-44)56(48-32-22-42(23-33-48)40-14-6-2-7-15-40)50-36-37-52-51-18-10-11-19-53(51)57-54(52)38-50/h1-38,51,53H. The highest BCUT2D eigenvalue weighted by Crippen LogP contribution is 2.50. The van der Waals surface area contributed by atoms with Crippen LogP contribution in [0.5, 0.6) is 0 Å². The second-order valence-corrected chi connectivity index (χ2v) is 15.7. The molecule has 0 aromatic heterocycles. The van der Waals surface area contributed by atoms with E-state index < -0.39 is 0 Å². The molecule has 1 aliphatic heterocycles. The highest BCUT2D eigenvalue weighted by molar-refractivity contribution is 8.00. The molecule has 1 aliphatic carbocycles. The molecule has 0 saturated carbocycles. The van der Waals surface area contributed by atoms with Gasteiger partial charge in [0, 0.05) is 50.2 Å². The Kier molecular flexibility index (Phi) is 9.35. The first-order chi connectivity index (χ1) is 28.2. The average Bonchev–Trinajstić information content (AvgIpc) is 3.67. The number of nitrogens with zero attached hydrogens (tertiary/aromatic N) is 2. The van der Waals surface area contributed by atoms with Crippen molar-refractivity contribution in [3.05, 3.63) is 236 Å². The second kappa shape index (κ2) is 15.4. The molecule has 57 heavy (non-hydrogen) atoms. The van der Waals surface area contributed by atoms with Gasteiger partial charge in [-0.05, 0) is 112 Å². The number of fused-ring (bicyclic) bond motifs is 3. The monoisotopic (exact) mass is 748 g/mol. The van der Waals surface area contributed by atoms with Gasteiger partial charge in [-0.2, -0.15) is 0 Å². The van der Waals surface area contributed by atoms with Crippen LogP contribution in [0.4, 0.5) is 34.1 Å². The number of allylic oxidation sites excluding steroid dienone is 3. The van der Waals surface area contributed by atoms with Crippen LogP contribution >= 0.6 is 11.8 Å². The van der Waals surface area contributed by atoms with Crippen molar-refractivity contribution in [2.75, 3.05) is 9.80 Å². The van der Waals surface area contributed by atoms with Crippen LogP contribution in [0.3, 0.4) is 0 Å². The van der Waals surface area contributed by atoms with E-state index in [1.165, 1.54) is 43.8 Å². The lowest BCUT2D eigenvalue weighted by atomic mass is 9.92. The molecule has 0 spiro atoms. The summed E-state index contributed by atoms with van der Waals surface area (Å²) in [7, 11) is 0. The first kappa shape index (κ1) is 34.7. The molecule has 0 N–H and O–H groups in total. The van der Waals surface area contributed by atoms with Crippen LogP contribution in [-0.2, 0) is 0 Å². The number of rotatable bonds is 9. The molecule has 0 fully saturated rings. The molecule has 0 bridgehead atoms. The predicted octanol–water partition coefficient (Wildman–Crippen LogP) is 15.3. The molecule has 2 atom stereocenters. The van der Waals surface area contributed by atoms with E-state index in [-0.39, 0.29) is 0 Å². The van der Waals surface area contributed by atoms with Crippen LogP contribution in [0.25, 0.3) is 33.4 Å². The van der Waals surface area contributed by atoms with E-state index in [2.05, 4.69) is 240 Å². The van der Waals surface area contributed by atoms with E-state index in [9.17, 15) is 0 Å². The highest BCUT2D eigenvalue weighted by atomic mass is 32.2. The maximum Gasteiger partial charge on any atom is 0.0472 e. The third-order valence-electron chi connectivity index (χ3n) is 11.0. The first-order valence-corrected chi connectivity index (χ1v) is 20.5. The fourth-order valence-electron chi connectivity index (χ4n) is 8.11. The zero-order chi connectivity index (χ0) is 38.0. The molecular formula is C54H40N2S. The Morgan fingerprint density at radius 3 is 1.12 bits per heavy atom. The fraction of sp³-hybridized carbons (Fsp3) is 0.0370. The Morgan fingerprint density at radius 2 is 0.667 bits per heavy atom. The lowest BCUT2D eigenvalue weighted by Crippen LogP contribution is -2.10. The van der Waals surface area contributed by atoms with E-state index in [1.807, 2.05) is 11.8 Å². The van der Waals surface area contributed by atoms with E-state index >= 15 is 0 Å². The molecule has 8 aromatic rings. The molecule has 2 aliphatic rings. The van der Waals surface area contributed by atoms with Crippen molar-refractivity contribution in [2.45, 2.75) is 16.1 Å². The Balaban J connectivity index is 0.961. The summed E-state index contributed by atoms with van der Waals surface area (Å²) in [6.45, 7) is 0. The van der Waals surface area contributed by atoms with Crippen LogP contribution in [0.2, 0.25) is 0 Å². The van der Waals surface area contributed by atoms with Gasteiger partial charge in [-0.1, -0.05) is 158 Å². The van der Waals surface area contributed by atoms with Crippen LogP contribution in [0.1, 0.15) is 11.5 Å². The normalized spacial score (nSPS) is 15.2. The topological polar surface area (TPSA) is 6.48 Å². The Hall–Kier alpha value is -6.81. The summed E-state index contributed by atoms with van der Waals surface area (Å²) in [4.78, 5) is 6.06. The molecule has 272 valence electrons. The number of anilines is 6. The van der Waals surface area contributed by atoms with Gasteiger partial charge in [0.2, 0.25) is 0 Å². The van der Waals surface area contributed by atoms with Crippen LogP contribution in [-0.4, -0.2) is 5.25 Å². The largest absolute Gasteiger partial charge is 0.311 e. The van der Waals surface area contributed by atoms with E-state index in [0.29, 0.717) is 11.2 Å². The van der Waals surface area contributed by atoms with Gasteiger partial charge in [0.1, 0.15) is 0 Å². The minimum atomic E-state index is 0.438. The van der Waals surface area contributed by atoms with Gasteiger partial charge in [0.15, 0.2) is 0 Å². The quantitative estimate of drug-likeness (QED) is 0.145. The maximum absolute atomic E-state index is 2.39. The average molecular weight is 749 g/mol. The zero-order valence-electron chi connectivity index (χ0n) is 31.4. The van der Waals surface area contributed by atoms with Crippen molar-refractivity contribution in [2.24, 2.45) is 0 Å². The van der Waals surface area contributed by atoms with Crippen molar-refractivity contribution < 1.29 is 0 Å². The summed E-state index contributed by atoms with van der Waals surface area (Å²) in [6.07, 6.45) is 9.05. The van der Waals surface area contributed by atoms with Crippen molar-refractivity contribution in [3.8, 4) is 33.4 Å². The van der Waals surface area contributed by atoms with Crippen molar-refractivity contribution in [3.63, 3.8) is 0 Å². The van der Waals surface area contributed by atoms with E-state index in [1.54, 1.807) is 0 Å². The zero-order valence-corrected chi connectivity index (χ0v) is 32.2. The van der Waals surface area contributed by atoms with Gasteiger partial charge < -0.3 is 9.80 Å². The third-order valence-corrected chi connectivity index (χ3v) is 12.4. The maximum atomic E-state index is 2.39. The molecule has 0 radical (unpaired) electrons. The molecule has 10 rings (SSSR count). The summed E-state index contributed by atoms with van der Waals surface area (Å²) in [5, 5.41) is 0.462. The molecule has 1 heterocycles. The Morgan fingerprint density at radius 1 is 0.316 bits per heavy atom. The van der Waals surface area contributed by atoms with Crippen LogP contribution in [0, 0.1) is 0 Å². The van der Waals surface area contributed by atoms with Gasteiger partial charge in [0.05, 0.1) is 0 Å². The van der Waals surface area contributed by atoms with Gasteiger partial charge in [-0.3, -0.25) is 0 Å². The third kappa shape index (κ3) is 6.99. The number of hydrogen-bond donors (Lipinski definition) is 0. The summed E-state index contributed by atoms with van der Waals surface area (Å²) in [5.41, 5.74) is 15.4. The molecular weight excluding hydrogens is 709 g/mol. The summed E-state index contributed by atoms with van der Waals surface area (Å²) in [6, 6.07) is 74.5. The Labute approximate surface area is 339 Å². The summed E-state index contributed by atoms with van der Waals surface area (Å²) < 4.78 is 0. The van der Waals surface area contributed by atoms with Crippen molar-refractivity contribution in [1.82, 2.24) is 0 Å².